The smallest absolute Gasteiger partial charge is 0.234 e. The third kappa shape index (κ3) is 3.91. The minimum absolute atomic E-state index is 0.0462. The van der Waals surface area contributed by atoms with Crippen LogP contribution in [0.5, 0.6) is 0 Å². The number of nitrogens with zero attached hydrogens (tertiary/aromatic N) is 1. The number of aliphatic hydroxyl groups is 1. The van der Waals surface area contributed by atoms with Gasteiger partial charge in [0.05, 0.1) is 18.1 Å². The first-order chi connectivity index (χ1) is 11.6. The molecular formula is C18H31N3O3. The van der Waals surface area contributed by atoms with Gasteiger partial charge in [-0.05, 0) is 32.1 Å². The van der Waals surface area contributed by atoms with Crippen LogP contribution in [0.2, 0.25) is 0 Å². The lowest BCUT2D eigenvalue weighted by molar-refractivity contribution is -0.150. The van der Waals surface area contributed by atoms with Crippen LogP contribution in [-0.4, -0.2) is 60.1 Å². The van der Waals surface area contributed by atoms with E-state index in [1.807, 2.05) is 4.90 Å². The summed E-state index contributed by atoms with van der Waals surface area (Å²) in [5.41, 5.74) is -0.723. The highest BCUT2D eigenvalue weighted by Crippen LogP contribution is 2.37. The average molecular weight is 337 g/mol. The zero-order valence-electron chi connectivity index (χ0n) is 14.6. The fourth-order valence-corrected chi connectivity index (χ4v) is 4.56. The number of nitrogens with one attached hydrogen (secondary N) is 2. The molecule has 2 heterocycles. The van der Waals surface area contributed by atoms with Gasteiger partial charge in [-0.3, -0.25) is 14.5 Å². The predicted molar refractivity (Wildman–Crippen MR) is 91.4 cm³/mol. The molecule has 1 aliphatic carbocycles. The van der Waals surface area contributed by atoms with Crippen LogP contribution in [0, 0.1) is 5.41 Å². The number of carbonyl (C=O) groups excluding carboxylic acids is 2. The van der Waals surface area contributed by atoms with Gasteiger partial charge in [0.25, 0.3) is 0 Å². The Hall–Kier alpha value is -1.14. The van der Waals surface area contributed by atoms with E-state index in [1.54, 1.807) is 0 Å². The molecule has 0 radical (unpaired) electrons. The van der Waals surface area contributed by atoms with Gasteiger partial charge >= 0.3 is 0 Å². The normalized spacial score (nSPS) is 33.0. The highest BCUT2D eigenvalue weighted by Gasteiger charge is 2.49. The molecule has 0 bridgehead atoms. The first kappa shape index (κ1) is 17.7. The monoisotopic (exact) mass is 337 g/mol. The Bertz CT molecular complexity index is 462. The summed E-state index contributed by atoms with van der Waals surface area (Å²) in [6.45, 7) is 2.18. The summed E-state index contributed by atoms with van der Waals surface area (Å²) in [6.07, 6.45) is 8.67. The van der Waals surface area contributed by atoms with Gasteiger partial charge in [0.1, 0.15) is 0 Å². The van der Waals surface area contributed by atoms with Gasteiger partial charge in [0, 0.05) is 25.7 Å². The lowest BCUT2D eigenvalue weighted by Gasteiger charge is -2.46. The summed E-state index contributed by atoms with van der Waals surface area (Å²) in [7, 11) is 0. The minimum Gasteiger partial charge on any atom is -0.392 e. The summed E-state index contributed by atoms with van der Waals surface area (Å²) in [4.78, 5) is 26.8. The Balaban J connectivity index is 1.55. The molecule has 2 amide bonds. The van der Waals surface area contributed by atoms with Crippen molar-refractivity contribution in [2.45, 2.75) is 69.9 Å². The number of hydrogen-bond acceptors (Lipinski definition) is 4. The van der Waals surface area contributed by atoms with Gasteiger partial charge in [0.2, 0.25) is 11.8 Å². The number of rotatable bonds is 3. The van der Waals surface area contributed by atoms with E-state index in [1.165, 1.54) is 25.7 Å². The number of carbonyl (C=O) groups is 2. The van der Waals surface area contributed by atoms with Crippen molar-refractivity contribution in [3.05, 3.63) is 0 Å². The van der Waals surface area contributed by atoms with E-state index in [9.17, 15) is 14.7 Å². The summed E-state index contributed by atoms with van der Waals surface area (Å²) >= 11 is 0. The number of hydrogen-bond donors (Lipinski definition) is 3. The molecule has 0 unspecified atom stereocenters. The minimum atomic E-state index is -0.723. The largest absolute Gasteiger partial charge is 0.392 e. The van der Waals surface area contributed by atoms with Crippen molar-refractivity contribution in [2.75, 3.05) is 26.2 Å². The molecule has 136 valence electrons. The van der Waals surface area contributed by atoms with Gasteiger partial charge in [-0.1, -0.05) is 25.7 Å². The van der Waals surface area contributed by atoms with E-state index < -0.39 is 11.5 Å². The molecule has 3 aliphatic rings. The molecule has 0 aromatic rings. The SMILES string of the molecule is O=C(CN1CC[C@@H](O)[C@@]2(CCCNC2=O)C1)NC1CCCCCC1. The van der Waals surface area contributed by atoms with E-state index in [2.05, 4.69) is 10.6 Å². The molecule has 3 rings (SSSR count). The molecule has 2 saturated heterocycles. The van der Waals surface area contributed by atoms with Crippen LogP contribution in [-0.2, 0) is 9.59 Å². The zero-order valence-corrected chi connectivity index (χ0v) is 14.6. The van der Waals surface area contributed by atoms with Crippen molar-refractivity contribution in [2.24, 2.45) is 5.41 Å². The second kappa shape index (κ2) is 7.83. The number of aliphatic hydroxyl groups excluding tert-OH is 1. The molecule has 1 spiro atoms. The van der Waals surface area contributed by atoms with E-state index >= 15 is 0 Å². The third-order valence-electron chi connectivity index (χ3n) is 5.99. The van der Waals surface area contributed by atoms with Crippen LogP contribution in [0.15, 0.2) is 0 Å². The molecule has 6 nitrogen and oxygen atoms in total. The number of likely N-dealkylation sites (tertiary alicyclic amines) is 1. The van der Waals surface area contributed by atoms with Crippen LogP contribution in [0.3, 0.4) is 0 Å². The van der Waals surface area contributed by atoms with Crippen LogP contribution in [0.25, 0.3) is 0 Å². The van der Waals surface area contributed by atoms with E-state index in [0.29, 0.717) is 45.1 Å². The van der Waals surface area contributed by atoms with Gasteiger partial charge in [-0.15, -0.1) is 0 Å². The Morgan fingerprint density at radius 1 is 1.21 bits per heavy atom. The van der Waals surface area contributed by atoms with Gasteiger partial charge in [0.15, 0.2) is 0 Å². The van der Waals surface area contributed by atoms with Gasteiger partial charge in [-0.25, -0.2) is 0 Å². The molecule has 6 heteroatoms. The van der Waals surface area contributed by atoms with E-state index in [0.717, 1.165) is 19.3 Å². The van der Waals surface area contributed by atoms with Crippen LogP contribution >= 0.6 is 0 Å². The van der Waals surface area contributed by atoms with Gasteiger partial charge in [-0.2, -0.15) is 0 Å². The van der Waals surface area contributed by atoms with Crippen molar-refractivity contribution in [1.82, 2.24) is 15.5 Å². The fraction of sp³-hybridized carbons (Fsp3) is 0.889. The predicted octanol–water partition coefficient (Wildman–Crippen LogP) is 0.788. The lowest BCUT2D eigenvalue weighted by Crippen LogP contribution is -2.62. The highest BCUT2D eigenvalue weighted by molar-refractivity contribution is 5.84. The van der Waals surface area contributed by atoms with Crippen LogP contribution in [0.4, 0.5) is 0 Å². The highest BCUT2D eigenvalue weighted by atomic mass is 16.3. The molecule has 2 aliphatic heterocycles. The Kier molecular flexibility index (Phi) is 5.76. The first-order valence-corrected chi connectivity index (χ1v) is 9.58. The Morgan fingerprint density at radius 2 is 1.96 bits per heavy atom. The maximum Gasteiger partial charge on any atom is 0.234 e. The Labute approximate surface area is 144 Å². The maximum absolute atomic E-state index is 12.4. The second-order valence-electron chi connectivity index (χ2n) is 7.79. The maximum atomic E-state index is 12.4. The number of amides is 2. The number of piperidine rings is 2. The molecular weight excluding hydrogens is 306 g/mol. The Morgan fingerprint density at radius 3 is 2.67 bits per heavy atom. The summed E-state index contributed by atoms with van der Waals surface area (Å²) in [5, 5.41) is 16.5. The average Bonchev–Trinajstić information content (AvgIpc) is 2.82. The van der Waals surface area contributed by atoms with Crippen LogP contribution < -0.4 is 10.6 Å². The molecule has 24 heavy (non-hydrogen) atoms. The van der Waals surface area contributed by atoms with Crippen molar-refractivity contribution in [1.29, 1.82) is 0 Å². The first-order valence-electron chi connectivity index (χ1n) is 9.58. The van der Waals surface area contributed by atoms with E-state index in [4.69, 9.17) is 0 Å². The lowest BCUT2D eigenvalue weighted by atomic mass is 9.71. The van der Waals surface area contributed by atoms with Crippen LogP contribution in [0.1, 0.15) is 57.8 Å². The van der Waals surface area contributed by atoms with Crippen molar-refractivity contribution >= 4 is 11.8 Å². The summed E-state index contributed by atoms with van der Waals surface area (Å²) in [5.74, 6) is 0.0137. The molecule has 0 aromatic carbocycles. The quantitative estimate of drug-likeness (QED) is 0.665. The van der Waals surface area contributed by atoms with Gasteiger partial charge < -0.3 is 15.7 Å². The molecule has 1 saturated carbocycles. The third-order valence-corrected chi connectivity index (χ3v) is 5.99. The molecule has 0 aromatic heterocycles. The summed E-state index contributed by atoms with van der Waals surface area (Å²) < 4.78 is 0. The molecule has 2 atom stereocenters. The molecule has 3 N–H and O–H groups in total. The van der Waals surface area contributed by atoms with Crippen molar-refractivity contribution < 1.29 is 14.7 Å². The van der Waals surface area contributed by atoms with Crippen molar-refractivity contribution in [3.8, 4) is 0 Å². The van der Waals surface area contributed by atoms with Crippen molar-refractivity contribution in [3.63, 3.8) is 0 Å². The standard InChI is InChI=1S/C18H31N3O3/c22-15-8-11-21(13-18(15)9-5-10-19-17(18)24)12-16(23)20-14-6-3-1-2-4-7-14/h14-15,22H,1-13H2,(H,19,24)(H,20,23)/t15-,18-/m1/s1. The fourth-order valence-electron chi connectivity index (χ4n) is 4.56. The zero-order chi connectivity index (χ0) is 17.0. The van der Waals surface area contributed by atoms with E-state index in [-0.39, 0.29) is 11.8 Å². The topological polar surface area (TPSA) is 81.7 Å². The second-order valence-corrected chi connectivity index (χ2v) is 7.79. The molecule has 3 fully saturated rings. The summed E-state index contributed by atoms with van der Waals surface area (Å²) in [6, 6.07) is 0.308.